The lowest BCUT2D eigenvalue weighted by atomic mass is 10.1. The van der Waals surface area contributed by atoms with E-state index in [0.717, 1.165) is 6.42 Å². The molecular formula is C8H16N2. The number of hydrogen-bond donors (Lipinski definition) is 1. The Morgan fingerprint density at radius 1 is 1.50 bits per heavy atom. The summed E-state index contributed by atoms with van der Waals surface area (Å²) in [6.45, 7) is 6.29. The zero-order valence-electron chi connectivity index (χ0n) is 7.02. The molecule has 0 bridgehead atoms. The van der Waals surface area contributed by atoms with E-state index in [1.165, 1.54) is 0 Å². The maximum Gasteiger partial charge on any atom is 0.0638 e. The molecule has 2 nitrogen and oxygen atoms in total. The molecule has 0 aromatic heterocycles. The standard InChI is InChI=1S/C8H16N2/c1-4-8(5-6-9)10-7(2)3/h7-8,10H,4-5H2,1-3H3. The van der Waals surface area contributed by atoms with Crippen molar-refractivity contribution in [2.45, 2.75) is 45.7 Å². The van der Waals surface area contributed by atoms with Crippen LogP contribution in [0.5, 0.6) is 0 Å². The molecule has 0 radical (unpaired) electrons. The van der Waals surface area contributed by atoms with Crippen molar-refractivity contribution in [3.63, 3.8) is 0 Å². The van der Waals surface area contributed by atoms with E-state index >= 15 is 0 Å². The van der Waals surface area contributed by atoms with Crippen molar-refractivity contribution in [2.75, 3.05) is 0 Å². The van der Waals surface area contributed by atoms with E-state index in [2.05, 4.69) is 32.2 Å². The molecule has 2 heteroatoms. The van der Waals surface area contributed by atoms with Crippen LogP contribution in [0.2, 0.25) is 0 Å². The van der Waals surface area contributed by atoms with Gasteiger partial charge in [0.25, 0.3) is 0 Å². The van der Waals surface area contributed by atoms with Gasteiger partial charge in [0.1, 0.15) is 0 Å². The van der Waals surface area contributed by atoms with E-state index in [0.29, 0.717) is 18.5 Å². The van der Waals surface area contributed by atoms with E-state index in [4.69, 9.17) is 5.26 Å². The van der Waals surface area contributed by atoms with Gasteiger partial charge in [-0.1, -0.05) is 20.8 Å². The van der Waals surface area contributed by atoms with Crippen molar-refractivity contribution in [1.82, 2.24) is 5.32 Å². The van der Waals surface area contributed by atoms with Gasteiger partial charge in [-0.15, -0.1) is 0 Å². The summed E-state index contributed by atoms with van der Waals surface area (Å²) in [6.07, 6.45) is 1.65. The lowest BCUT2D eigenvalue weighted by molar-refractivity contribution is 0.457. The van der Waals surface area contributed by atoms with Gasteiger partial charge in [0.2, 0.25) is 0 Å². The van der Waals surface area contributed by atoms with Gasteiger partial charge in [0.05, 0.1) is 12.5 Å². The molecule has 0 heterocycles. The van der Waals surface area contributed by atoms with Crippen molar-refractivity contribution in [1.29, 1.82) is 5.26 Å². The second-order valence-corrected chi connectivity index (χ2v) is 2.79. The van der Waals surface area contributed by atoms with E-state index < -0.39 is 0 Å². The van der Waals surface area contributed by atoms with Crippen LogP contribution in [0.3, 0.4) is 0 Å². The molecule has 0 saturated carbocycles. The second-order valence-electron chi connectivity index (χ2n) is 2.79. The van der Waals surface area contributed by atoms with E-state index in [9.17, 15) is 0 Å². The first-order valence-corrected chi connectivity index (χ1v) is 3.83. The lowest BCUT2D eigenvalue weighted by Gasteiger charge is -2.15. The summed E-state index contributed by atoms with van der Waals surface area (Å²) in [5.74, 6) is 0. The second kappa shape index (κ2) is 5.25. The fourth-order valence-corrected chi connectivity index (χ4v) is 0.903. The molecule has 0 aromatic carbocycles. The first-order chi connectivity index (χ1) is 4.70. The average molecular weight is 140 g/mol. The smallest absolute Gasteiger partial charge is 0.0638 e. The van der Waals surface area contributed by atoms with Crippen molar-refractivity contribution in [3.8, 4) is 6.07 Å². The van der Waals surface area contributed by atoms with Crippen molar-refractivity contribution in [3.05, 3.63) is 0 Å². The highest BCUT2D eigenvalue weighted by molar-refractivity contribution is 4.80. The van der Waals surface area contributed by atoms with Crippen LogP contribution in [0, 0.1) is 11.3 Å². The molecule has 0 aromatic rings. The highest BCUT2D eigenvalue weighted by atomic mass is 14.9. The molecular weight excluding hydrogens is 124 g/mol. The third-order valence-electron chi connectivity index (χ3n) is 1.40. The SMILES string of the molecule is CCC(CC#N)NC(C)C. The van der Waals surface area contributed by atoms with E-state index in [1.54, 1.807) is 0 Å². The van der Waals surface area contributed by atoms with Crippen molar-refractivity contribution < 1.29 is 0 Å². The topological polar surface area (TPSA) is 35.8 Å². The van der Waals surface area contributed by atoms with Crippen molar-refractivity contribution in [2.24, 2.45) is 0 Å². The fourth-order valence-electron chi connectivity index (χ4n) is 0.903. The highest BCUT2D eigenvalue weighted by Gasteiger charge is 2.04. The molecule has 58 valence electrons. The quantitative estimate of drug-likeness (QED) is 0.645. The largest absolute Gasteiger partial charge is 0.311 e. The van der Waals surface area contributed by atoms with Gasteiger partial charge in [-0.25, -0.2) is 0 Å². The van der Waals surface area contributed by atoms with E-state index in [-0.39, 0.29) is 0 Å². The Hall–Kier alpha value is -0.550. The normalized spacial score (nSPS) is 13.1. The van der Waals surface area contributed by atoms with Crippen LogP contribution in [-0.2, 0) is 0 Å². The zero-order valence-corrected chi connectivity index (χ0v) is 7.02. The highest BCUT2D eigenvalue weighted by Crippen LogP contribution is 1.96. The Balaban J connectivity index is 3.52. The Bertz CT molecular complexity index is 113. The average Bonchev–Trinajstić information content (AvgIpc) is 1.86. The third kappa shape index (κ3) is 4.34. The van der Waals surface area contributed by atoms with Crippen molar-refractivity contribution >= 4 is 0 Å². The fraction of sp³-hybridized carbons (Fsp3) is 0.875. The van der Waals surface area contributed by atoms with Crippen LogP contribution in [0.4, 0.5) is 0 Å². The summed E-state index contributed by atoms with van der Waals surface area (Å²) in [7, 11) is 0. The first kappa shape index (κ1) is 9.45. The van der Waals surface area contributed by atoms with Gasteiger partial charge in [-0.2, -0.15) is 5.26 Å². The van der Waals surface area contributed by atoms with Crippen LogP contribution < -0.4 is 5.32 Å². The summed E-state index contributed by atoms with van der Waals surface area (Å²) in [4.78, 5) is 0. The van der Waals surface area contributed by atoms with Crippen LogP contribution >= 0.6 is 0 Å². The predicted octanol–water partition coefficient (Wildman–Crippen LogP) is 1.68. The predicted molar refractivity (Wildman–Crippen MR) is 42.6 cm³/mol. The number of nitrogens with zero attached hydrogens (tertiary/aromatic N) is 1. The monoisotopic (exact) mass is 140 g/mol. The molecule has 0 saturated heterocycles. The minimum Gasteiger partial charge on any atom is -0.311 e. The zero-order chi connectivity index (χ0) is 7.98. The Labute approximate surface area is 63.2 Å². The minimum absolute atomic E-state index is 0.380. The number of nitriles is 1. The number of hydrogen-bond acceptors (Lipinski definition) is 2. The molecule has 1 atom stereocenters. The molecule has 1 N–H and O–H groups in total. The van der Waals surface area contributed by atoms with Crippen LogP contribution in [-0.4, -0.2) is 12.1 Å². The van der Waals surface area contributed by atoms with Crippen LogP contribution in [0.1, 0.15) is 33.6 Å². The number of nitrogens with one attached hydrogen (secondary N) is 1. The third-order valence-corrected chi connectivity index (χ3v) is 1.40. The first-order valence-electron chi connectivity index (χ1n) is 3.83. The summed E-state index contributed by atoms with van der Waals surface area (Å²) in [5, 5.41) is 11.7. The minimum atomic E-state index is 0.380. The van der Waals surface area contributed by atoms with Gasteiger partial charge in [0.15, 0.2) is 0 Å². The van der Waals surface area contributed by atoms with Gasteiger partial charge < -0.3 is 5.32 Å². The van der Waals surface area contributed by atoms with Gasteiger partial charge in [-0.05, 0) is 6.42 Å². The van der Waals surface area contributed by atoms with Gasteiger partial charge >= 0.3 is 0 Å². The maximum atomic E-state index is 8.39. The molecule has 0 spiro atoms. The summed E-state index contributed by atoms with van der Waals surface area (Å²) in [5.41, 5.74) is 0. The maximum absolute atomic E-state index is 8.39. The summed E-state index contributed by atoms with van der Waals surface area (Å²) >= 11 is 0. The Kier molecular flexibility index (Phi) is 4.96. The lowest BCUT2D eigenvalue weighted by Crippen LogP contribution is -2.33. The summed E-state index contributed by atoms with van der Waals surface area (Å²) in [6, 6.07) is 3.03. The molecule has 10 heavy (non-hydrogen) atoms. The van der Waals surface area contributed by atoms with E-state index in [1.807, 2.05) is 0 Å². The molecule has 1 unspecified atom stereocenters. The van der Waals surface area contributed by atoms with Crippen LogP contribution in [0.15, 0.2) is 0 Å². The molecule has 0 amide bonds. The Morgan fingerprint density at radius 3 is 2.40 bits per heavy atom. The van der Waals surface area contributed by atoms with Gasteiger partial charge in [-0.3, -0.25) is 0 Å². The Morgan fingerprint density at radius 2 is 2.10 bits per heavy atom. The molecule has 0 rings (SSSR count). The van der Waals surface area contributed by atoms with Crippen LogP contribution in [0.25, 0.3) is 0 Å². The molecule has 0 aliphatic rings. The molecule has 0 aliphatic carbocycles. The van der Waals surface area contributed by atoms with Gasteiger partial charge in [0, 0.05) is 12.1 Å². The molecule has 0 aliphatic heterocycles. The molecule has 0 fully saturated rings. The number of rotatable bonds is 4. The summed E-state index contributed by atoms with van der Waals surface area (Å²) < 4.78 is 0.